The molecule has 1 aromatic carbocycles. The van der Waals surface area contributed by atoms with Gasteiger partial charge in [-0.25, -0.2) is 0 Å². The van der Waals surface area contributed by atoms with E-state index in [2.05, 4.69) is 20.5 Å². The Balaban J connectivity index is 0.00000121. The van der Waals surface area contributed by atoms with Crippen LogP contribution in [0.2, 0.25) is 0 Å². The molecule has 0 spiro atoms. The number of carbonyl (C=O) groups excluding carboxylic acids is 1. The van der Waals surface area contributed by atoms with Crippen LogP contribution in [0.3, 0.4) is 0 Å². The fraction of sp³-hybridized carbons (Fsp3) is 0.385. The van der Waals surface area contributed by atoms with Crippen molar-refractivity contribution in [3.63, 3.8) is 0 Å². The van der Waals surface area contributed by atoms with Crippen LogP contribution < -0.4 is 0 Å². The third kappa shape index (κ3) is 9.49. The van der Waals surface area contributed by atoms with Crippen molar-refractivity contribution in [1.82, 2.24) is 0 Å². The van der Waals surface area contributed by atoms with Gasteiger partial charge in [-0.15, -0.1) is 0 Å². The first-order chi connectivity index (χ1) is 8.33. The molecule has 4 heteroatoms. The van der Waals surface area contributed by atoms with Crippen LogP contribution in [0.5, 0.6) is 0 Å². The summed E-state index contributed by atoms with van der Waals surface area (Å²) in [6, 6.07) is 9.71. The second-order valence-corrected chi connectivity index (χ2v) is 3.46. The molecule has 0 aromatic heterocycles. The van der Waals surface area contributed by atoms with Gasteiger partial charge in [0.25, 0.3) is 0 Å². The van der Waals surface area contributed by atoms with E-state index in [1.54, 1.807) is 0 Å². The van der Waals surface area contributed by atoms with Crippen molar-refractivity contribution >= 4 is 19.6 Å². The molecular formula is C13H17BrO2Zn. The van der Waals surface area contributed by atoms with Gasteiger partial charge in [0.05, 0.1) is 0 Å². The fourth-order valence-electron chi connectivity index (χ4n) is 1.26. The molecule has 1 rings (SSSR count). The van der Waals surface area contributed by atoms with Crippen molar-refractivity contribution < 1.29 is 25.9 Å². The van der Waals surface area contributed by atoms with Crippen molar-refractivity contribution in [2.45, 2.75) is 32.3 Å². The normalized spacial score (nSPS) is 9.18. The van der Waals surface area contributed by atoms with Crippen LogP contribution in [0, 0.1) is 6.92 Å². The number of rotatable bonds is 6. The quantitative estimate of drug-likeness (QED) is 0.336. The molecule has 2 nitrogen and oxygen atoms in total. The van der Waals surface area contributed by atoms with Gasteiger partial charge >= 0.3 is 35.9 Å². The van der Waals surface area contributed by atoms with E-state index in [0.29, 0.717) is 13.0 Å². The van der Waals surface area contributed by atoms with E-state index in [1.807, 2.05) is 30.3 Å². The summed E-state index contributed by atoms with van der Waals surface area (Å²) in [6.07, 6.45) is 3.24. The number of halogens is 1. The fourth-order valence-corrected chi connectivity index (χ4v) is 1.26. The number of hydrogen-bond donors (Lipinski definition) is 0. The summed E-state index contributed by atoms with van der Waals surface area (Å²) >= 11 is 4.25. The maximum absolute atomic E-state index is 11.2. The molecule has 0 aliphatic rings. The third-order valence-electron chi connectivity index (χ3n) is 2.12. The molecule has 0 heterocycles. The molecule has 0 aliphatic carbocycles. The molecule has 0 bridgehead atoms. The Morgan fingerprint density at radius 1 is 1.24 bits per heavy atom. The summed E-state index contributed by atoms with van der Waals surface area (Å²) in [5.41, 5.74) is 1.03. The molecule has 0 amide bonds. The summed E-state index contributed by atoms with van der Waals surface area (Å²) in [4.78, 5) is 11.2. The summed E-state index contributed by atoms with van der Waals surface area (Å²) in [5, 5.41) is 0. The topological polar surface area (TPSA) is 26.3 Å². The number of benzene rings is 1. The predicted molar refractivity (Wildman–Crippen MR) is 69.0 cm³/mol. The first-order valence-corrected chi connectivity index (χ1v) is 12.5. The summed E-state index contributed by atoms with van der Waals surface area (Å²) in [7, 11) is 0. The van der Waals surface area contributed by atoms with Crippen LogP contribution in [0.1, 0.15) is 31.2 Å². The molecule has 0 atom stereocenters. The van der Waals surface area contributed by atoms with Gasteiger partial charge in [-0.2, -0.15) is 6.42 Å². The van der Waals surface area contributed by atoms with E-state index in [1.165, 1.54) is 16.3 Å². The first-order valence-electron chi connectivity index (χ1n) is 5.58. The summed E-state index contributed by atoms with van der Waals surface area (Å²) in [5.74, 6) is -0.118. The Morgan fingerprint density at radius 3 is 2.47 bits per heavy atom. The van der Waals surface area contributed by atoms with Gasteiger partial charge in [0.2, 0.25) is 0 Å². The van der Waals surface area contributed by atoms with E-state index in [9.17, 15) is 4.79 Å². The second kappa shape index (κ2) is 12.3. The van der Waals surface area contributed by atoms with Crippen molar-refractivity contribution in [1.29, 1.82) is 0 Å². The molecule has 0 fully saturated rings. The summed E-state index contributed by atoms with van der Waals surface area (Å²) < 4.78 is 5.12. The summed E-state index contributed by atoms with van der Waals surface area (Å²) in [6.45, 7) is 4.10. The van der Waals surface area contributed by atoms with Gasteiger partial charge in [0.1, 0.15) is 6.61 Å². The van der Waals surface area contributed by atoms with Crippen LogP contribution in [0.25, 0.3) is 0 Å². The molecule has 0 saturated heterocycles. The SMILES string of the molecule is [CH2-]CCCCC(=O)OCc1ccccc1.[Zn+][Br]. The van der Waals surface area contributed by atoms with Gasteiger partial charge in [0.15, 0.2) is 0 Å². The van der Waals surface area contributed by atoms with Gasteiger partial charge in [0, 0.05) is 6.42 Å². The molecule has 0 N–H and O–H groups in total. The van der Waals surface area contributed by atoms with Gasteiger partial charge in [-0.1, -0.05) is 36.8 Å². The molecule has 0 unspecified atom stereocenters. The number of unbranched alkanes of at least 4 members (excludes halogenated alkanes) is 2. The average Bonchev–Trinajstić information content (AvgIpc) is 2.40. The minimum atomic E-state index is -0.118. The monoisotopic (exact) mass is 348 g/mol. The third-order valence-corrected chi connectivity index (χ3v) is 2.12. The maximum atomic E-state index is 11.2. The first kappa shape index (κ1) is 16.8. The van der Waals surface area contributed by atoms with E-state index < -0.39 is 0 Å². The van der Waals surface area contributed by atoms with Crippen LogP contribution in [-0.4, -0.2) is 5.97 Å². The molecular weight excluding hydrogens is 333 g/mol. The number of hydrogen-bond acceptors (Lipinski definition) is 2. The number of ether oxygens (including phenoxy) is 1. The van der Waals surface area contributed by atoms with E-state index in [4.69, 9.17) is 4.74 Å². The molecule has 1 aromatic rings. The zero-order valence-corrected chi connectivity index (χ0v) is 14.6. The molecule has 0 radical (unpaired) electrons. The zero-order valence-electron chi connectivity index (χ0n) is 10.0. The zero-order chi connectivity index (χ0) is 12.9. The van der Waals surface area contributed by atoms with Gasteiger partial charge < -0.3 is 11.7 Å². The number of carbonyl (C=O) groups is 1. The molecule has 17 heavy (non-hydrogen) atoms. The molecule has 0 saturated carbocycles. The van der Waals surface area contributed by atoms with E-state index in [0.717, 1.165) is 24.8 Å². The van der Waals surface area contributed by atoms with E-state index >= 15 is 0 Å². The second-order valence-electron chi connectivity index (χ2n) is 3.46. The molecule has 90 valence electrons. The average molecular weight is 351 g/mol. The van der Waals surface area contributed by atoms with Crippen LogP contribution in [-0.2, 0) is 32.5 Å². The molecule has 0 aliphatic heterocycles. The van der Waals surface area contributed by atoms with Crippen molar-refractivity contribution in [3.8, 4) is 0 Å². The van der Waals surface area contributed by atoms with Crippen molar-refractivity contribution in [2.75, 3.05) is 0 Å². The standard InChI is InChI=1S/C13H17O2.BrH.Zn/c1-2-3-5-10-13(14)15-11-12-8-6-4-7-9-12;;/h4,6-9H,1-3,5,10-11H2;1H;/q-1;;+2/p-1. The van der Waals surface area contributed by atoms with E-state index in [-0.39, 0.29) is 5.97 Å². The Hall–Kier alpha value is -0.207. The van der Waals surface area contributed by atoms with Crippen LogP contribution >= 0.6 is 13.6 Å². The van der Waals surface area contributed by atoms with Crippen molar-refractivity contribution in [3.05, 3.63) is 42.8 Å². The van der Waals surface area contributed by atoms with Crippen molar-refractivity contribution in [2.24, 2.45) is 0 Å². The Labute approximate surface area is 120 Å². The van der Waals surface area contributed by atoms with Crippen LogP contribution in [0.4, 0.5) is 0 Å². The predicted octanol–water partition coefficient (Wildman–Crippen LogP) is 3.97. The Morgan fingerprint density at radius 2 is 1.88 bits per heavy atom. The van der Waals surface area contributed by atoms with Gasteiger partial charge in [-0.05, 0) is 12.0 Å². The minimum absolute atomic E-state index is 0.118. The number of esters is 1. The van der Waals surface area contributed by atoms with Gasteiger partial charge in [-0.3, -0.25) is 4.79 Å². The Bertz CT molecular complexity index is 291. The van der Waals surface area contributed by atoms with Crippen LogP contribution in [0.15, 0.2) is 30.3 Å². The Kier molecular flexibility index (Phi) is 12.1.